The number of aryl methyl sites for hydroxylation is 1. The van der Waals surface area contributed by atoms with Gasteiger partial charge in [0.25, 0.3) is 0 Å². The first-order valence-corrected chi connectivity index (χ1v) is 7.17. The molecule has 0 saturated heterocycles. The monoisotopic (exact) mass is 295 g/mol. The van der Waals surface area contributed by atoms with E-state index in [4.69, 9.17) is 0 Å². The number of hydrogen-bond donors (Lipinski definition) is 2. The molecule has 2 N–H and O–H groups in total. The third-order valence-corrected chi connectivity index (χ3v) is 3.32. The molecule has 0 aliphatic rings. The number of hydrogen-bond acceptors (Lipinski definition) is 3. The Labute approximate surface area is 128 Å². The maximum atomic E-state index is 11.9. The van der Waals surface area contributed by atoms with Crippen LogP contribution >= 0.6 is 0 Å². The Hall–Kier alpha value is -2.89. The second-order valence-corrected chi connectivity index (χ2v) is 4.92. The number of benzene rings is 1. The summed E-state index contributed by atoms with van der Waals surface area (Å²) < 4.78 is 1.98. The molecule has 3 rings (SSSR count). The van der Waals surface area contributed by atoms with Gasteiger partial charge in [-0.05, 0) is 18.6 Å². The molecule has 0 radical (unpaired) electrons. The van der Waals surface area contributed by atoms with Gasteiger partial charge in [0.05, 0.1) is 17.5 Å². The van der Waals surface area contributed by atoms with Gasteiger partial charge in [0, 0.05) is 37.1 Å². The summed E-state index contributed by atoms with van der Waals surface area (Å²) in [4.78, 5) is 20.2. The molecular formula is C16H17N5O. The minimum absolute atomic E-state index is 0.219. The number of carbonyl (C=O) groups excluding carboxylic acids is 1. The molecule has 22 heavy (non-hydrogen) atoms. The van der Waals surface area contributed by atoms with Gasteiger partial charge in [-0.2, -0.15) is 0 Å². The van der Waals surface area contributed by atoms with Crippen molar-refractivity contribution < 1.29 is 4.79 Å². The van der Waals surface area contributed by atoms with Crippen LogP contribution in [0.25, 0.3) is 10.9 Å². The van der Waals surface area contributed by atoms with E-state index in [0.717, 1.165) is 23.9 Å². The smallest absolute Gasteiger partial charge is 0.319 e. The number of anilines is 1. The van der Waals surface area contributed by atoms with Crippen LogP contribution in [0.5, 0.6) is 0 Å². The predicted molar refractivity (Wildman–Crippen MR) is 85.6 cm³/mol. The van der Waals surface area contributed by atoms with Crippen LogP contribution in [0.15, 0.2) is 55.2 Å². The first-order valence-electron chi connectivity index (χ1n) is 7.17. The SMILES string of the molecule is O=C(NCCCn1ccnc1)Nc1cccc2cccnc12. The molecule has 0 unspecified atom stereocenters. The van der Waals surface area contributed by atoms with Gasteiger partial charge in [-0.1, -0.05) is 18.2 Å². The average molecular weight is 295 g/mol. The van der Waals surface area contributed by atoms with Crippen LogP contribution in [0, 0.1) is 0 Å². The Kier molecular flexibility index (Phi) is 4.29. The molecule has 3 aromatic rings. The molecular weight excluding hydrogens is 278 g/mol. The maximum absolute atomic E-state index is 11.9. The van der Waals surface area contributed by atoms with E-state index in [1.165, 1.54) is 0 Å². The minimum Gasteiger partial charge on any atom is -0.338 e. The maximum Gasteiger partial charge on any atom is 0.319 e. The van der Waals surface area contributed by atoms with E-state index in [9.17, 15) is 4.79 Å². The summed E-state index contributed by atoms with van der Waals surface area (Å²) in [6.07, 6.45) is 7.98. The number of fused-ring (bicyclic) bond motifs is 1. The Balaban J connectivity index is 1.52. The topological polar surface area (TPSA) is 71.8 Å². The first kappa shape index (κ1) is 14.1. The minimum atomic E-state index is -0.219. The second-order valence-electron chi connectivity index (χ2n) is 4.92. The Morgan fingerprint density at radius 2 is 2.09 bits per heavy atom. The summed E-state index contributed by atoms with van der Waals surface area (Å²) in [5.74, 6) is 0. The van der Waals surface area contributed by atoms with Gasteiger partial charge in [-0.15, -0.1) is 0 Å². The van der Waals surface area contributed by atoms with Gasteiger partial charge in [0.1, 0.15) is 0 Å². The first-order chi connectivity index (χ1) is 10.8. The van der Waals surface area contributed by atoms with Gasteiger partial charge >= 0.3 is 6.03 Å². The van der Waals surface area contributed by atoms with Crippen molar-refractivity contribution in [3.05, 3.63) is 55.2 Å². The van der Waals surface area contributed by atoms with Crippen molar-refractivity contribution in [1.82, 2.24) is 19.9 Å². The Morgan fingerprint density at radius 3 is 2.95 bits per heavy atom. The summed E-state index contributed by atoms with van der Waals surface area (Å²) in [5.41, 5.74) is 1.50. The van der Waals surface area contributed by atoms with Crippen LogP contribution in [0.2, 0.25) is 0 Å². The number of para-hydroxylation sites is 1. The third kappa shape index (κ3) is 3.41. The number of nitrogens with one attached hydrogen (secondary N) is 2. The number of pyridine rings is 1. The molecule has 0 atom stereocenters. The summed E-state index contributed by atoms with van der Waals surface area (Å²) in [5, 5.41) is 6.69. The van der Waals surface area contributed by atoms with E-state index in [1.54, 1.807) is 18.7 Å². The highest BCUT2D eigenvalue weighted by molar-refractivity contribution is 5.99. The highest BCUT2D eigenvalue weighted by Gasteiger charge is 2.05. The van der Waals surface area contributed by atoms with Gasteiger partial charge in [-0.25, -0.2) is 9.78 Å². The van der Waals surface area contributed by atoms with Crippen LogP contribution in [-0.2, 0) is 6.54 Å². The van der Waals surface area contributed by atoms with Crippen molar-refractivity contribution in [3.8, 4) is 0 Å². The molecule has 0 spiro atoms. The van der Waals surface area contributed by atoms with Gasteiger partial charge < -0.3 is 15.2 Å². The van der Waals surface area contributed by atoms with Gasteiger partial charge in [0.15, 0.2) is 0 Å². The number of aromatic nitrogens is 3. The zero-order chi connectivity index (χ0) is 15.2. The summed E-state index contributed by atoms with van der Waals surface area (Å²) in [7, 11) is 0. The lowest BCUT2D eigenvalue weighted by atomic mass is 10.2. The van der Waals surface area contributed by atoms with E-state index >= 15 is 0 Å². The summed E-state index contributed by atoms with van der Waals surface area (Å²) in [6, 6.07) is 9.35. The van der Waals surface area contributed by atoms with Crippen LogP contribution in [0.4, 0.5) is 10.5 Å². The predicted octanol–water partition coefficient (Wildman–Crippen LogP) is 2.64. The molecule has 2 heterocycles. The molecule has 0 bridgehead atoms. The molecule has 112 valence electrons. The zero-order valence-electron chi connectivity index (χ0n) is 12.1. The van der Waals surface area contributed by atoms with Gasteiger partial charge in [-0.3, -0.25) is 4.98 Å². The molecule has 0 fully saturated rings. The van der Waals surface area contributed by atoms with Crippen LogP contribution < -0.4 is 10.6 Å². The van der Waals surface area contributed by atoms with Crippen molar-refractivity contribution in [2.75, 3.05) is 11.9 Å². The molecule has 0 aliphatic heterocycles. The fourth-order valence-electron chi connectivity index (χ4n) is 2.25. The lowest BCUT2D eigenvalue weighted by Crippen LogP contribution is -2.30. The van der Waals surface area contributed by atoms with E-state index in [1.807, 2.05) is 41.1 Å². The number of imidazole rings is 1. The van der Waals surface area contributed by atoms with E-state index in [0.29, 0.717) is 12.2 Å². The quantitative estimate of drug-likeness (QED) is 0.711. The van der Waals surface area contributed by atoms with Crippen molar-refractivity contribution in [2.24, 2.45) is 0 Å². The summed E-state index contributed by atoms with van der Waals surface area (Å²) in [6.45, 7) is 1.43. The van der Waals surface area contributed by atoms with Crippen LogP contribution in [0.3, 0.4) is 0 Å². The largest absolute Gasteiger partial charge is 0.338 e. The molecule has 1 aromatic carbocycles. The molecule has 2 aromatic heterocycles. The third-order valence-electron chi connectivity index (χ3n) is 3.32. The fourth-order valence-corrected chi connectivity index (χ4v) is 2.25. The van der Waals surface area contributed by atoms with Crippen LogP contribution in [-0.4, -0.2) is 27.1 Å². The Bertz CT molecular complexity index is 749. The second kappa shape index (κ2) is 6.71. The summed E-state index contributed by atoms with van der Waals surface area (Å²) >= 11 is 0. The van der Waals surface area contributed by atoms with Crippen molar-refractivity contribution in [2.45, 2.75) is 13.0 Å². The molecule has 6 nitrogen and oxygen atoms in total. The lowest BCUT2D eigenvalue weighted by molar-refractivity contribution is 0.252. The number of nitrogens with zero attached hydrogens (tertiary/aromatic N) is 3. The zero-order valence-corrected chi connectivity index (χ0v) is 12.1. The van der Waals surface area contributed by atoms with Crippen molar-refractivity contribution in [1.29, 1.82) is 0 Å². The molecule has 0 aliphatic carbocycles. The number of urea groups is 1. The highest BCUT2D eigenvalue weighted by Crippen LogP contribution is 2.20. The molecule has 6 heteroatoms. The van der Waals surface area contributed by atoms with Crippen molar-refractivity contribution >= 4 is 22.6 Å². The Morgan fingerprint density at radius 1 is 1.18 bits per heavy atom. The number of rotatable bonds is 5. The number of amides is 2. The van der Waals surface area contributed by atoms with Crippen molar-refractivity contribution in [3.63, 3.8) is 0 Å². The molecule has 0 saturated carbocycles. The normalized spacial score (nSPS) is 10.5. The van der Waals surface area contributed by atoms with E-state index in [2.05, 4.69) is 20.6 Å². The lowest BCUT2D eigenvalue weighted by Gasteiger charge is -2.09. The van der Waals surface area contributed by atoms with Crippen LogP contribution in [0.1, 0.15) is 6.42 Å². The fraction of sp³-hybridized carbons (Fsp3) is 0.188. The molecule has 2 amide bonds. The van der Waals surface area contributed by atoms with Gasteiger partial charge in [0.2, 0.25) is 0 Å². The average Bonchev–Trinajstić information content (AvgIpc) is 3.05. The highest BCUT2D eigenvalue weighted by atomic mass is 16.2. The standard InChI is InChI=1S/C16H17N5O/c22-16(19-8-3-10-21-11-9-17-12-21)20-14-6-1-4-13-5-2-7-18-15(13)14/h1-2,4-7,9,11-12H,3,8,10H2,(H2,19,20,22). The number of carbonyl (C=O) groups is 1. The van der Waals surface area contributed by atoms with E-state index in [-0.39, 0.29) is 6.03 Å². The van der Waals surface area contributed by atoms with E-state index < -0.39 is 0 Å².